The standard InChI is InChI=1S/C13H18F2N2O3/c1-8-4-10(19-2)11(20-3)5-9(8)12(18)17-7-13(14,15)6-16/h4-5H,6-7,16H2,1-3H3,(H,17,18). The van der Waals surface area contributed by atoms with E-state index in [1.807, 2.05) is 0 Å². The average Bonchev–Trinajstić information content (AvgIpc) is 2.44. The number of hydrogen-bond acceptors (Lipinski definition) is 4. The zero-order valence-electron chi connectivity index (χ0n) is 11.6. The lowest BCUT2D eigenvalue weighted by atomic mass is 10.1. The highest BCUT2D eigenvalue weighted by molar-refractivity contribution is 5.96. The molecule has 3 N–H and O–H groups in total. The van der Waals surface area contributed by atoms with Crippen LogP contribution < -0.4 is 20.5 Å². The quantitative estimate of drug-likeness (QED) is 0.828. The number of methoxy groups -OCH3 is 2. The fourth-order valence-electron chi connectivity index (χ4n) is 1.60. The molecule has 112 valence electrons. The van der Waals surface area contributed by atoms with Crippen LogP contribution in [0.15, 0.2) is 12.1 Å². The van der Waals surface area contributed by atoms with E-state index < -0.39 is 24.9 Å². The first kappa shape index (κ1) is 16.2. The molecule has 1 rings (SSSR count). The molecule has 0 fully saturated rings. The number of rotatable bonds is 6. The Kier molecular flexibility index (Phi) is 5.26. The van der Waals surface area contributed by atoms with E-state index in [0.717, 1.165) is 0 Å². The Morgan fingerprint density at radius 2 is 1.85 bits per heavy atom. The van der Waals surface area contributed by atoms with Crippen molar-refractivity contribution >= 4 is 5.91 Å². The van der Waals surface area contributed by atoms with Gasteiger partial charge in [0.2, 0.25) is 0 Å². The van der Waals surface area contributed by atoms with Crippen LogP contribution in [0.2, 0.25) is 0 Å². The number of carbonyl (C=O) groups is 1. The highest BCUT2D eigenvalue weighted by atomic mass is 19.3. The Hall–Kier alpha value is -1.89. The Morgan fingerprint density at radius 3 is 2.35 bits per heavy atom. The van der Waals surface area contributed by atoms with Crippen molar-refractivity contribution in [3.8, 4) is 11.5 Å². The van der Waals surface area contributed by atoms with Crippen molar-refractivity contribution in [2.24, 2.45) is 5.73 Å². The van der Waals surface area contributed by atoms with Crippen molar-refractivity contribution < 1.29 is 23.0 Å². The second kappa shape index (κ2) is 6.51. The minimum atomic E-state index is -3.12. The van der Waals surface area contributed by atoms with Crippen LogP contribution in [0.25, 0.3) is 0 Å². The van der Waals surface area contributed by atoms with Crippen molar-refractivity contribution in [2.75, 3.05) is 27.3 Å². The van der Waals surface area contributed by atoms with Gasteiger partial charge in [-0.05, 0) is 24.6 Å². The van der Waals surface area contributed by atoms with Gasteiger partial charge in [-0.2, -0.15) is 0 Å². The lowest BCUT2D eigenvalue weighted by Crippen LogP contribution is -2.41. The van der Waals surface area contributed by atoms with E-state index in [2.05, 4.69) is 5.32 Å². The van der Waals surface area contributed by atoms with Gasteiger partial charge in [0.05, 0.1) is 27.3 Å². The van der Waals surface area contributed by atoms with Crippen LogP contribution >= 0.6 is 0 Å². The molecule has 0 radical (unpaired) electrons. The minimum Gasteiger partial charge on any atom is -0.493 e. The monoisotopic (exact) mass is 288 g/mol. The number of nitrogens with two attached hydrogens (primary N) is 1. The number of aryl methyl sites for hydroxylation is 1. The van der Waals surface area contributed by atoms with Gasteiger partial charge in [0.15, 0.2) is 11.5 Å². The van der Waals surface area contributed by atoms with E-state index in [4.69, 9.17) is 15.2 Å². The molecule has 0 aliphatic rings. The van der Waals surface area contributed by atoms with Gasteiger partial charge in [0, 0.05) is 5.56 Å². The van der Waals surface area contributed by atoms with Gasteiger partial charge < -0.3 is 20.5 Å². The topological polar surface area (TPSA) is 73.6 Å². The van der Waals surface area contributed by atoms with Crippen LogP contribution in [-0.2, 0) is 0 Å². The maximum Gasteiger partial charge on any atom is 0.277 e. The van der Waals surface area contributed by atoms with Gasteiger partial charge >= 0.3 is 0 Å². The third-order valence-electron chi connectivity index (χ3n) is 2.78. The van der Waals surface area contributed by atoms with Crippen molar-refractivity contribution in [1.82, 2.24) is 5.32 Å². The van der Waals surface area contributed by atoms with Gasteiger partial charge in [-0.25, -0.2) is 8.78 Å². The molecule has 0 bridgehead atoms. The molecular formula is C13H18F2N2O3. The molecule has 0 heterocycles. The second-order valence-corrected chi connectivity index (χ2v) is 4.26. The number of nitrogens with one attached hydrogen (secondary N) is 1. The average molecular weight is 288 g/mol. The number of carbonyl (C=O) groups excluding carboxylic acids is 1. The van der Waals surface area contributed by atoms with Crippen LogP contribution in [0, 0.1) is 6.92 Å². The Morgan fingerprint density at radius 1 is 1.30 bits per heavy atom. The lowest BCUT2D eigenvalue weighted by Gasteiger charge is -2.16. The van der Waals surface area contributed by atoms with E-state index in [9.17, 15) is 13.6 Å². The molecule has 0 aliphatic carbocycles. The fourth-order valence-corrected chi connectivity index (χ4v) is 1.60. The smallest absolute Gasteiger partial charge is 0.277 e. The minimum absolute atomic E-state index is 0.246. The van der Waals surface area contributed by atoms with Crippen LogP contribution in [0.3, 0.4) is 0 Å². The van der Waals surface area contributed by atoms with E-state index in [0.29, 0.717) is 17.1 Å². The Bertz CT molecular complexity index is 493. The molecule has 0 saturated heterocycles. The van der Waals surface area contributed by atoms with Crippen LogP contribution in [0.4, 0.5) is 8.78 Å². The lowest BCUT2D eigenvalue weighted by molar-refractivity contribution is 0.0118. The largest absolute Gasteiger partial charge is 0.493 e. The molecule has 20 heavy (non-hydrogen) atoms. The van der Waals surface area contributed by atoms with E-state index in [1.165, 1.54) is 20.3 Å². The predicted molar refractivity (Wildman–Crippen MR) is 70.6 cm³/mol. The van der Waals surface area contributed by atoms with Crippen LogP contribution in [0.5, 0.6) is 11.5 Å². The molecule has 0 aliphatic heterocycles. The van der Waals surface area contributed by atoms with Crippen molar-refractivity contribution in [3.05, 3.63) is 23.3 Å². The third-order valence-corrected chi connectivity index (χ3v) is 2.78. The maximum atomic E-state index is 13.0. The first-order valence-corrected chi connectivity index (χ1v) is 5.93. The summed E-state index contributed by atoms with van der Waals surface area (Å²) in [4.78, 5) is 11.9. The summed E-state index contributed by atoms with van der Waals surface area (Å²) in [6, 6.07) is 3.05. The molecule has 7 heteroatoms. The molecule has 0 spiro atoms. The van der Waals surface area contributed by atoms with Gasteiger partial charge in [-0.3, -0.25) is 4.79 Å². The number of amides is 1. The highest BCUT2D eigenvalue weighted by Gasteiger charge is 2.27. The van der Waals surface area contributed by atoms with Crippen LogP contribution in [0.1, 0.15) is 15.9 Å². The van der Waals surface area contributed by atoms with Crippen LogP contribution in [-0.4, -0.2) is 39.1 Å². The zero-order chi connectivity index (χ0) is 15.3. The second-order valence-electron chi connectivity index (χ2n) is 4.26. The van der Waals surface area contributed by atoms with E-state index >= 15 is 0 Å². The van der Waals surface area contributed by atoms with Crippen molar-refractivity contribution in [2.45, 2.75) is 12.8 Å². The van der Waals surface area contributed by atoms with Crippen molar-refractivity contribution in [3.63, 3.8) is 0 Å². The van der Waals surface area contributed by atoms with Gasteiger partial charge in [-0.1, -0.05) is 0 Å². The first-order valence-electron chi connectivity index (χ1n) is 5.93. The normalized spacial score (nSPS) is 11.1. The van der Waals surface area contributed by atoms with E-state index in [1.54, 1.807) is 13.0 Å². The highest BCUT2D eigenvalue weighted by Crippen LogP contribution is 2.30. The van der Waals surface area contributed by atoms with Crippen molar-refractivity contribution in [1.29, 1.82) is 0 Å². The molecule has 0 aromatic heterocycles. The van der Waals surface area contributed by atoms with Gasteiger partial charge in [-0.15, -0.1) is 0 Å². The summed E-state index contributed by atoms with van der Waals surface area (Å²) in [7, 11) is 2.90. The number of ether oxygens (including phenoxy) is 2. The van der Waals surface area contributed by atoms with E-state index in [-0.39, 0.29) is 5.56 Å². The Labute approximate surface area is 116 Å². The zero-order valence-corrected chi connectivity index (χ0v) is 11.6. The number of halogens is 2. The Balaban J connectivity index is 2.93. The number of benzene rings is 1. The first-order chi connectivity index (χ1) is 9.34. The third kappa shape index (κ3) is 3.80. The van der Waals surface area contributed by atoms with Gasteiger partial charge in [0.25, 0.3) is 11.8 Å². The summed E-state index contributed by atoms with van der Waals surface area (Å²) in [5.41, 5.74) is 5.75. The molecular weight excluding hydrogens is 270 g/mol. The number of hydrogen-bond donors (Lipinski definition) is 2. The summed E-state index contributed by atoms with van der Waals surface area (Å²) < 4.78 is 36.2. The summed E-state index contributed by atoms with van der Waals surface area (Å²) in [5, 5.41) is 2.15. The molecule has 1 amide bonds. The summed E-state index contributed by atoms with van der Waals surface area (Å²) in [6.45, 7) is 0.0479. The molecule has 1 aromatic rings. The molecule has 0 unspecified atom stereocenters. The summed E-state index contributed by atoms with van der Waals surface area (Å²) in [6.07, 6.45) is 0. The number of alkyl halides is 2. The molecule has 1 aromatic carbocycles. The fraction of sp³-hybridized carbons (Fsp3) is 0.462. The van der Waals surface area contributed by atoms with Gasteiger partial charge in [0.1, 0.15) is 0 Å². The summed E-state index contributed by atoms with van der Waals surface area (Å²) >= 11 is 0. The molecule has 0 atom stereocenters. The molecule has 5 nitrogen and oxygen atoms in total. The summed E-state index contributed by atoms with van der Waals surface area (Å²) in [5.74, 6) is -2.92. The maximum absolute atomic E-state index is 13.0. The molecule has 0 saturated carbocycles. The SMILES string of the molecule is COc1cc(C)c(C(=O)NCC(F)(F)CN)cc1OC. The predicted octanol–water partition coefficient (Wildman–Crippen LogP) is 1.34.